The molecule has 0 saturated heterocycles. The number of nitrogens with one attached hydrogen (secondary N) is 1. The summed E-state index contributed by atoms with van der Waals surface area (Å²) >= 11 is 6.03. The molecule has 29 heavy (non-hydrogen) atoms. The number of rotatable bonds is 8. The van der Waals surface area contributed by atoms with E-state index < -0.39 is 5.82 Å². The average molecular weight is 419 g/mol. The fourth-order valence-corrected chi connectivity index (χ4v) is 2.71. The van der Waals surface area contributed by atoms with Gasteiger partial charge in [-0.2, -0.15) is 5.10 Å². The van der Waals surface area contributed by atoms with Crippen LogP contribution in [0.15, 0.2) is 41.5 Å². The normalized spacial score (nSPS) is 11.0. The van der Waals surface area contributed by atoms with Gasteiger partial charge in [-0.3, -0.25) is 0 Å². The minimum Gasteiger partial charge on any atom is -0.493 e. The number of hydrogen-bond donors (Lipinski definition) is 2. The van der Waals surface area contributed by atoms with Gasteiger partial charge in [-0.1, -0.05) is 24.6 Å². The van der Waals surface area contributed by atoms with Crippen molar-refractivity contribution in [3.8, 4) is 11.5 Å². The Hall–Kier alpha value is -3.33. The third kappa shape index (κ3) is 4.94. The molecule has 1 aromatic heterocycles. The minimum atomic E-state index is -0.396. The highest BCUT2D eigenvalue weighted by molar-refractivity contribution is 6.31. The maximum atomic E-state index is 13.1. The van der Waals surface area contributed by atoms with Gasteiger partial charge in [0, 0.05) is 12.0 Å². The maximum absolute atomic E-state index is 13.1. The summed E-state index contributed by atoms with van der Waals surface area (Å²) in [6, 6.07) is 9.47. The molecule has 0 aliphatic rings. The number of halogens is 2. The monoisotopic (exact) mass is 418 g/mol. The summed E-state index contributed by atoms with van der Waals surface area (Å²) in [5, 5.41) is 12.3. The van der Waals surface area contributed by atoms with Crippen LogP contribution in [0.3, 0.4) is 0 Å². The maximum Gasteiger partial charge on any atom is 0.263 e. The number of methoxy groups -OCH3 is 1. The van der Waals surface area contributed by atoms with Crippen LogP contribution in [-0.2, 0) is 13.0 Å². The highest BCUT2D eigenvalue weighted by Crippen LogP contribution is 2.29. The fraction of sp³-hybridized carbons (Fsp3) is 0.211. The molecule has 0 saturated carbocycles. The van der Waals surface area contributed by atoms with E-state index in [-0.39, 0.29) is 6.61 Å². The Morgan fingerprint density at radius 2 is 2.07 bits per heavy atom. The zero-order valence-corrected chi connectivity index (χ0v) is 16.7. The van der Waals surface area contributed by atoms with Crippen molar-refractivity contribution in [3.05, 3.63) is 64.2 Å². The van der Waals surface area contributed by atoms with E-state index in [2.05, 4.69) is 20.7 Å². The van der Waals surface area contributed by atoms with Gasteiger partial charge in [0.2, 0.25) is 0 Å². The molecule has 1 heterocycles. The third-order valence-electron chi connectivity index (χ3n) is 4.05. The Labute approximate surface area is 172 Å². The van der Waals surface area contributed by atoms with Gasteiger partial charge in [0.1, 0.15) is 12.4 Å². The van der Waals surface area contributed by atoms with Gasteiger partial charge >= 0.3 is 0 Å². The SMILES string of the molecule is CCc1nnc(N/N=C\c2ccc(OCc3ccc(F)cc3Cl)c(OC)c2)n1N. The Bertz CT molecular complexity index is 1020. The first-order valence-electron chi connectivity index (χ1n) is 8.75. The molecule has 3 rings (SSSR count). The summed E-state index contributed by atoms with van der Waals surface area (Å²) in [6.07, 6.45) is 2.25. The molecule has 0 radical (unpaired) electrons. The molecule has 0 aliphatic heterocycles. The van der Waals surface area contributed by atoms with Gasteiger partial charge in [-0.25, -0.2) is 14.5 Å². The van der Waals surface area contributed by atoms with E-state index in [1.54, 1.807) is 30.5 Å². The molecule has 0 fully saturated rings. The molecule has 0 amide bonds. The van der Waals surface area contributed by atoms with Crippen molar-refractivity contribution >= 4 is 23.8 Å². The summed E-state index contributed by atoms with van der Waals surface area (Å²) in [4.78, 5) is 0. The van der Waals surface area contributed by atoms with Gasteiger partial charge in [0.15, 0.2) is 17.3 Å². The van der Waals surface area contributed by atoms with Crippen molar-refractivity contribution in [2.75, 3.05) is 18.4 Å². The predicted molar refractivity (Wildman–Crippen MR) is 110 cm³/mol. The van der Waals surface area contributed by atoms with E-state index >= 15 is 0 Å². The van der Waals surface area contributed by atoms with Crippen molar-refractivity contribution in [3.63, 3.8) is 0 Å². The van der Waals surface area contributed by atoms with Gasteiger partial charge in [0.05, 0.1) is 18.3 Å². The largest absolute Gasteiger partial charge is 0.493 e. The van der Waals surface area contributed by atoms with Crippen molar-refractivity contribution in [1.82, 2.24) is 14.9 Å². The lowest BCUT2D eigenvalue weighted by Crippen LogP contribution is -2.14. The van der Waals surface area contributed by atoms with Crippen LogP contribution in [0.4, 0.5) is 10.3 Å². The van der Waals surface area contributed by atoms with E-state index in [0.717, 1.165) is 5.56 Å². The Balaban J connectivity index is 1.67. The number of hydrogen-bond acceptors (Lipinski definition) is 7. The third-order valence-corrected chi connectivity index (χ3v) is 4.40. The number of nitrogens with zero attached hydrogens (tertiary/aromatic N) is 4. The van der Waals surface area contributed by atoms with Crippen LogP contribution < -0.4 is 20.7 Å². The lowest BCUT2D eigenvalue weighted by atomic mass is 10.2. The molecule has 0 spiro atoms. The van der Waals surface area contributed by atoms with Gasteiger partial charge in [-0.15, -0.1) is 10.2 Å². The number of aromatic nitrogens is 3. The second kappa shape index (κ2) is 9.24. The zero-order valence-electron chi connectivity index (χ0n) is 15.9. The predicted octanol–water partition coefficient (Wildman–Crippen LogP) is 3.38. The summed E-state index contributed by atoms with van der Waals surface area (Å²) in [5.74, 6) is 7.47. The molecule has 3 N–H and O–H groups in total. The van der Waals surface area contributed by atoms with Gasteiger partial charge < -0.3 is 15.3 Å². The topological polar surface area (TPSA) is 99.6 Å². The number of aryl methyl sites for hydroxylation is 1. The Kier molecular flexibility index (Phi) is 6.50. The fourth-order valence-electron chi connectivity index (χ4n) is 2.48. The molecule has 2 aromatic carbocycles. The minimum absolute atomic E-state index is 0.177. The van der Waals surface area contributed by atoms with Crippen LogP contribution in [0.5, 0.6) is 11.5 Å². The number of hydrazone groups is 1. The number of ether oxygens (including phenoxy) is 2. The molecule has 0 unspecified atom stereocenters. The number of anilines is 1. The first-order valence-corrected chi connectivity index (χ1v) is 9.12. The molecule has 3 aromatic rings. The van der Waals surface area contributed by atoms with E-state index in [0.29, 0.717) is 40.3 Å². The van der Waals surface area contributed by atoms with Gasteiger partial charge in [-0.05, 0) is 35.9 Å². The lowest BCUT2D eigenvalue weighted by molar-refractivity contribution is 0.284. The van der Waals surface area contributed by atoms with Crippen molar-refractivity contribution in [1.29, 1.82) is 0 Å². The second-order valence-electron chi connectivity index (χ2n) is 5.97. The first kappa shape index (κ1) is 20.4. The van der Waals surface area contributed by atoms with E-state index in [4.69, 9.17) is 26.9 Å². The molecule has 0 atom stereocenters. The Morgan fingerprint density at radius 3 is 2.76 bits per heavy atom. The van der Waals surface area contributed by atoms with E-state index in [1.807, 2.05) is 6.92 Å². The van der Waals surface area contributed by atoms with E-state index in [9.17, 15) is 4.39 Å². The number of nitrogens with two attached hydrogens (primary N) is 1. The van der Waals surface area contributed by atoms with E-state index in [1.165, 1.54) is 23.9 Å². The highest BCUT2D eigenvalue weighted by atomic mass is 35.5. The standard InChI is InChI=1S/C19H20ClFN6O2/c1-3-18-24-26-19(27(18)22)25-23-10-12-4-7-16(17(8-12)28-2)29-11-13-5-6-14(21)9-15(13)20/h4-10H,3,11,22H2,1-2H3,(H,25,26)/b23-10-. The van der Waals surface area contributed by atoms with Gasteiger partial charge in [0.25, 0.3) is 5.95 Å². The van der Waals surface area contributed by atoms with Crippen molar-refractivity contribution < 1.29 is 13.9 Å². The summed E-state index contributed by atoms with van der Waals surface area (Å²) in [5.41, 5.74) is 4.18. The molecular weight excluding hydrogens is 399 g/mol. The molecular formula is C19H20ClFN6O2. The molecule has 0 bridgehead atoms. The highest BCUT2D eigenvalue weighted by Gasteiger charge is 2.09. The average Bonchev–Trinajstić information content (AvgIpc) is 3.07. The second-order valence-corrected chi connectivity index (χ2v) is 6.38. The van der Waals surface area contributed by atoms with Crippen LogP contribution in [-0.4, -0.2) is 28.2 Å². The Morgan fingerprint density at radius 1 is 1.24 bits per heavy atom. The van der Waals surface area contributed by atoms with Crippen LogP contribution in [0.25, 0.3) is 0 Å². The molecule has 10 heteroatoms. The van der Waals surface area contributed by atoms with Crippen LogP contribution in [0.1, 0.15) is 23.9 Å². The molecule has 8 nitrogen and oxygen atoms in total. The zero-order chi connectivity index (χ0) is 20.8. The quantitative estimate of drug-likeness (QED) is 0.330. The summed E-state index contributed by atoms with van der Waals surface area (Å²) in [7, 11) is 1.54. The lowest BCUT2D eigenvalue weighted by Gasteiger charge is -2.12. The first-order chi connectivity index (χ1) is 14.0. The van der Waals surface area contributed by atoms with Crippen LogP contribution >= 0.6 is 11.6 Å². The number of nitrogen functional groups attached to an aromatic ring is 1. The molecule has 0 aliphatic carbocycles. The molecule has 152 valence electrons. The van der Waals surface area contributed by atoms with Crippen molar-refractivity contribution in [2.45, 2.75) is 20.0 Å². The number of benzene rings is 2. The summed E-state index contributed by atoms with van der Waals surface area (Å²) < 4.78 is 25.6. The summed E-state index contributed by atoms with van der Waals surface area (Å²) in [6.45, 7) is 2.11. The van der Waals surface area contributed by atoms with Crippen molar-refractivity contribution in [2.24, 2.45) is 5.10 Å². The smallest absolute Gasteiger partial charge is 0.263 e. The van der Waals surface area contributed by atoms with Crippen LogP contribution in [0, 0.1) is 5.82 Å². The van der Waals surface area contributed by atoms with Crippen LogP contribution in [0.2, 0.25) is 5.02 Å².